The van der Waals surface area contributed by atoms with Crippen molar-refractivity contribution in [1.82, 2.24) is 4.72 Å². The van der Waals surface area contributed by atoms with E-state index in [2.05, 4.69) is 5.32 Å². The molecule has 0 aliphatic carbocycles. The zero-order chi connectivity index (χ0) is 20.4. The second-order valence-corrected chi connectivity index (χ2v) is 7.60. The molecule has 1 atom stereocenters. The van der Waals surface area contributed by atoms with Gasteiger partial charge in [-0.3, -0.25) is 4.79 Å². The van der Waals surface area contributed by atoms with E-state index >= 15 is 0 Å². The molecule has 27 heavy (non-hydrogen) atoms. The molecule has 0 radical (unpaired) electrons. The van der Waals surface area contributed by atoms with Crippen molar-refractivity contribution in [1.29, 1.82) is 0 Å². The first-order valence-electron chi connectivity index (χ1n) is 7.35. The Bertz CT molecular complexity index is 947. The summed E-state index contributed by atoms with van der Waals surface area (Å²) in [6.07, 6.45) is -4.64. The molecule has 2 aromatic carbocycles. The standard InChI is InChI=1S/C16H13ClF4N2O3S/c1-9(23-27(25,26)12-5-3-11(18)4-6-12)15(24)22-14-8-10(16(19,20)21)2-7-13(14)17/h2-9,23H,1H3,(H,22,24)/t9-/m0/s1. The minimum Gasteiger partial charge on any atom is -0.323 e. The summed E-state index contributed by atoms with van der Waals surface area (Å²) in [7, 11) is -4.15. The van der Waals surface area contributed by atoms with Gasteiger partial charge in [0.05, 0.1) is 27.2 Å². The molecular weight excluding hydrogens is 412 g/mol. The van der Waals surface area contributed by atoms with Crippen LogP contribution in [0, 0.1) is 5.82 Å². The van der Waals surface area contributed by atoms with Crippen LogP contribution in [0.4, 0.5) is 23.2 Å². The van der Waals surface area contributed by atoms with Crippen molar-refractivity contribution in [3.05, 3.63) is 58.9 Å². The normalized spacial score (nSPS) is 13.3. The average molecular weight is 425 g/mol. The fourth-order valence-electron chi connectivity index (χ4n) is 2.01. The highest BCUT2D eigenvalue weighted by molar-refractivity contribution is 7.89. The largest absolute Gasteiger partial charge is 0.416 e. The van der Waals surface area contributed by atoms with Crippen LogP contribution in [0.1, 0.15) is 12.5 Å². The second kappa shape index (κ2) is 7.83. The predicted molar refractivity (Wildman–Crippen MR) is 91.3 cm³/mol. The van der Waals surface area contributed by atoms with Crippen molar-refractivity contribution in [2.45, 2.75) is 24.0 Å². The molecule has 2 rings (SSSR count). The summed E-state index contributed by atoms with van der Waals surface area (Å²) in [5.74, 6) is -1.57. The third-order valence-corrected chi connectivity index (χ3v) is 5.29. The highest BCUT2D eigenvalue weighted by atomic mass is 35.5. The van der Waals surface area contributed by atoms with Gasteiger partial charge in [-0.25, -0.2) is 12.8 Å². The summed E-state index contributed by atoms with van der Waals surface area (Å²) in [4.78, 5) is 11.9. The monoisotopic (exact) mass is 424 g/mol. The van der Waals surface area contributed by atoms with Gasteiger partial charge in [0.15, 0.2) is 0 Å². The minimum atomic E-state index is -4.64. The molecule has 0 saturated carbocycles. The molecule has 0 saturated heterocycles. The summed E-state index contributed by atoms with van der Waals surface area (Å²) < 4.78 is 77.6. The molecule has 2 aromatic rings. The zero-order valence-corrected chi connectivity index (χ0v) is 15.2. The first kappa shape index (κ1) is 21.1. The summed E-state index contributed by atoms with van der Waals surface area (Å²) in [6, 6.07) is 4.89. The lowest BCUT2D eigenvalue weighted by Gasteiger charge is -2.16. The molecule has 146 valence electrons. The number of hydrogen-bond acceptors (Lipinski definition) is 3. The van der Waals surface area contributed by atoms with Crippen LogP contribution < -0.4 is 10.0 Å². The van der Waals surface area contributed by atoms with Crippen LogP contribution in [0.5, 0.6) is 0 Å². The van der Waals surface area contributed by atoms with E-state index < -0.39 is 39.5 Å². The zero-order valence-electron chi connectivity index (χ0n) is 13.6. The summed E-state index contributed by atoms with van der Waals surface area (Å²) in [5.41, 5.74) is -1.34. The van der Waals surface area contributed by atoms with Crippen molar-refractivity contribution < 1.29 is 30.8 Å². The summed E-state index contributed by atoms with van der Waals surface area (Å²) in [6.45, 7) is 1.19. The second-order valence-electron chi connectivity index (χ2n) is 5.48. The van der Waals surface area contributed by atoms with Crippen LogP contribution in [0.25, 0.3) is 0 Å². The first-order valence-corrected chi connectivity index (χ1v) is 9.22. The van der Waals surface area contributed by atoms with E-state index in [1.54, 1.807) is 0 Å². The Balaban J connectivity index is 2.15. The number of anilines is 1. The maximum Gasteiger partial charge on any atom is 0.416 e. The first-order chi connectivity index (χ1) is 12.4. The smallest absolute Gasteiger partial charge is 0.323 e. The molecule has 0 fully saturated rings. The van der Waals surface area contributed by atoms with Crippen molar-refractivity contribution in [2.24, 2.45) is 0 Å². The van der Waals surface area contributed by atoms with E-state index in [1.807, 2.05) is 4.72 Å². The highest BCUT2D eigenvalue weighted by Gasteiger charge is 2.31. The molecule has 5 nitrogen and oxygen atoms in total. The van der Waals surface area contributed by atoms with E-state index in [1.165, 1.54) is 6.92 Å². The van der Waals surface area contributed by atoms with Crippen LogP contribution in [-0.4, -0.2) is 20.4 Å². The fraction of sp³-hybridized carbons (Fsp3) is 0.188. The van der Waals surface area contributed by atoms with Crippen LogP contribution in [0.3, 0.4) is 0 Å². The number of nitrogens with one attached hydrogen (secondary N) is 2. The molecule has 0 bridgehead atoms. The number of hydrogen-bond donors (Lipinski definition) is 2. The average Bonchev–Trinajstić information content (AvgIpc) is 2.55. The van der Waals surface area contributed by atoms with Crippen LogP contribution in [0.15, 0.2) is 47.4 Å². The molecule has 0 spiro atoms. The SMILES string of the molecule is C[C@H](NS(=O)(=O)c1ccc(F)cc1)C(=O)Nc1cc(C(F)(F)F)ccc1Cl. The van der Waals surface area contributed by atoms with Crippen LogP contribution >= 0.6 is 11.6 Å². The number of sulfonamides is 1. The molecule has 11 heteroatoms. The number of alkyl halides is 3. The fourth-order valence-corrected chi connectivity index (χ4v) is 3.37. The van der Waals surface area contributed by atoms with Crippen molar-refractivity contribution in [3.63, 3.8) is 0 Å². The van der Waals surface area contributed by atoms with E-state index in [9.17, 15) is 30.8 Å². The van der Waals surface area contributed by atoms with Gasteiger partial charge in [0.2, 0.25) is 15.9 Å². The lowest BCUT2D eigenvalue weighted by Crippen LogP contribution is -2.41. The number of carbonyl (C=O) groups is 1. The van der Waals surface area contributed by atoms with Crippen molar-refractivity contribution in [3.8, 4) is 0 Å². The van der Waals surface area contributed by atoms with Gasteiger partial charge in [-0.1, -0.05) is 11.6 Å². The number of rotatable bonds is 5. The molecule has 2 N–H and O–H groups in total. The minimum absolute atomic E-state index is 0.148. The van der Waals surface area contributed by atoms with E-state index in [0.29, 0.717) is 6.07 Å². The lowest BCUT2D eigenvalue weighted by molar-refractivity contribution is -0.137. The van der Waals surface area contributed by atoms with Crippen LogP contribution in [0.2, 0.25) is 5.02 Å². The maximum atomic E-state index is 12.9. The Morgan fingerprint density at radius 3 is 2.26 bits per heavy atom. The molecule has 0 heterocycles. The van der Waals surface area contributed by atoms with Crippen LogP contribution in [-0.2, 0) is 21.0 Å². The highest BCUT2D eigenvalue weighted by Crippen LogP contribution is 2.33. The van der Waals surface area contributed by atoms with Crippen molar-refractivity contribution in [2.75, 3.05) is 5.32 Å². The van der Waals surface area contributed by atoms with E-state index in [0.717, 1.165) is 36.4 Å². The van der Waals surface area contributed by atoms with Gasteiger partial charge in [0.25, 0.3) is 0 Å². The Morgan fingerprint density at radius 1 is 1.11 bits per heavy atom. The number of halogens is 5. The van der Waals surface area contributed by atoms with Gasteiger partial charge in [0, 0.05) is 0 Å². The quantitative estimate of drug-likeness (QED) is 0.717. The number of benzene rings is 2. The summed E-state index contributed by atoms with van der Waals surface area (Å²) >= 11 is 5.78. The Morgan fingerprint density at radius 2 is 1.70 bits per heavy atom. The van der Waals surface area contributed by atoms with Gasteiger partial charge in [0.1, 0.15) is 5.82 Å². The van der Waals surface area contributed by atoms with E-state index in [-0.39, 0.29) is 15.6 Å². The van der Waals surface area contributed by atoms with Gasteiger partial charge in [-0.15, -0.1) is 0 Å². The van der Waals surface area contributed by atoms with Gasteiger partial charge < -0.3 is 5.32 Å². The third kappa shape index (κ3) is 5.41. The Kier molecular flexibility index (Phi) is 6.13. The number of amides is 1. The molecular formula is C16H13ClF4N2O3S. The van der Waals surface area contributed by atoms with Gasteiger partial charge in [-0.05, 0) is 49.4 Å². The molecule has 0 aromatic heterocycles. The van der Waals surface area contributed by atoms with Crippen molar-refractivity contribution >= 4 is 33.2 Å². The predicted octanol–water partition coefficient (Wildman–Crippen LogP) is 3.80. The topological polar surface area (TPSA) is 75.3 Å². The number of carbonyl (C=O) groups excluding carboxylic acids is 1. The van der Waals surface area contributed by atoms with Gasteiger partial charge >= 0.3 is 6.18 Å². The van der Waals surface area contributed by atoms with E-state index in [4.69, 9.17) is 11.6 Å². The molecule has 0 aliphatic heterocycles. The van der Waals surface area contributed by atoms with Gasteiger partial charge in [-0.2, -0.15) is 17.9 Å². The summed E-state index contributed by atoms with van der Waals surface area (Å²) in [5, 5.41) is 2.00. The maximum absolute atomic E-state index is 12.9. The Hall–Kier alpha value is -2.17. The third-order valence-electron chi connectivity index (χ3n) is 3.40. The lowest BCUT2D eigenvalue weighted by atomic mass is 10.2. The molecule has 0 unspecified atom stereocenters. The Labute approximate surface area is 157 Å². The molecule has 0 aliphatic rings. The molecule has 1 amide bonds.